The number of nitrogens with zero attached hydrogens (tertiary/aromatic N) is 1. The summed E-state index contributed by atoms with van der Waals surface area (Å²) in [6.07, 6.45) is 2.29. The van der Waals surface area contributed by atoms with Gasteiger partial charge >= 0.3 is 5.97 Å². The number of hydrogen-bond acceptors (Lipinski definition) is 5. The van der Waals surface area contributed by atoms with E-state index in [1.165, 1.54) is 6.26 Å². The van der Waals surface area contributed by atoms with Gasteiger partial charge in [0.15, 0.2) is 5.69 Å². The fourth-order valence-electron chi connectivity index (χ4n) is 1.20. The van der Waals surface area contributed by atoms with Gasteiger partial charge in [-0.05, 0) is 18.8 Å². The Hall–Kier alpha value is -1.52. The molecule has 0 aliphatic rings. The van der Waals surface area contributed by atoms with Gasteiger partial charge in [-0.3, -0.25) is 0 Å². The van der Waals surface area contributed by atoms with E-state index in [1.54, 1.807) is 6.92 Å². The number of esters is 1. The molecule has 0 radical (unpaired) electrons. The van der Waals surface area contributed by atoms with Crippen LogP contribution >= 0.6 is 0 Å². The first-order valence-corrected chi connectivity index (χ1v) is 5.79. The number of anilines is 1. The van der Waals surface area contributed by atoms with Gasteiger partial charge in [-0.1, -0.05) is 20.8 Å². The Labute approximate surface area is 102 Å². The Bertz CT molecular complexity index is 366. The van der Waals surface area contributed by atoms with Crippen molar-refractivity contribution in [2.24, 2.45) is 5.41 Å². The second kappa shape index (κ2) is 5.70. The van der Waals surface area contributed by atoms with Crippen LogP contribution in [0.1, 0.15) is 44.6 Å². The highest BCUT2D eigenvalue weighted by molar-refractivity contribution is 5.87. The van der Waals surface area contributed by atoms with E-state index in [2.05, 4.69) is 31.1 Å². The van der Waals surface area contributed by atoms with Crippen LogP contribution in [-0.2, 0) is 4.74 Å². The minimum Gasteiger partial charge on any atom is -0.461 e. The average molecular weight is 240 g/mol. The highest BCUT2D eigenvalue weighted by Crippen LogP contribution is 2.18. The average Bonchev–Trinajstić information content (AvgIpc) is 2.65. The van der Waals surface area contributed by atoms with Crippen LogP contribution in [0.4, 0.5) is 6.01 Å². The highest BCUT2D eigenvalue weighted by atomic mass is 16.5. The molecule has 0 fully saturated rings. The zero-order valence-corrected chi connectivity index (χ0v) is 10.9. The number of hydrogen-bond donors (Lipinski definition) is 1. The van der Waals surface area contributed by atoms with Gasteiger partial charge in [0.05, 0.1) is 6.61 Å². The number of carbonyl (C=O) groups is 1. The van der Waals surface area contributed by atoms with Gasteiger partial charge in [0, 0.05) is 6.54 Å². The van der Waals surface area contributed by atoms with Crippen molar-refractivity contribution in [3.8, 4) is 0 Å². The molecule has 0 unspecified atom stereocenters. The van der Waals surface area contributed by atoms with Crippen LogP contribution in [0.25, 0.3) is 0 Å². The van der Waals surface area contributed by atoms with Crippen LogP contribution in [0.2, 0.25) is 0 Å². The molecule has 0 aliphatic heterocycles. The van der Waals surface area contributed by atoms with Gasteiger partial charge in [0.1, 0.15) is 6.26 Å². The highest BCUT2D eigenvalue weighted by Gasteiger charge is 2.14. The molecule has 1 heterocycles. The van der Waals surface area contributed by atoms with Gasteiger partial charge in [-0.15, -0.1) is 0 Å². The van der Waals surface area contributed by atoms with Gasteiger partial charge in [0.2, 0.25) is 0 Å². The third kappa shape index (κ3) is 4.89. The second-order valence-corrected chi connectivity index (χ2v) is 5.00. The molecule has 0 aromatic carbocycles. The van der Waals surface area contributed by atoms with Crippen molar-refractivity contribution >= 4 is 12.0 Å². The number of ether oxygens (including phenoxy) is 1. The van der Waals surface area contributed by atoms with E-state index in [4.69, 9.17) is 9.15 Å². The summed E-state index contributed by atoms with van der Waals surface area (Å²) in [5.41, 5.74) is 0.453. The van der Waals surface area contributed by atoms with Crippen LogP contribution < -0.4 is 5.32 Å². The molecule has 96 valence electrons. The summed E-state index contributed by atoms with van der Waals surface area (Å²) in [5.74, 6) is -0.458. The molecule has 1 rings (SSSR count). The predicted molar refractivity (Wildman–Crippen MR) is 65.0 cm³/mol. The first kappa shape index (κ1) is 13.5. The minimum atomic E-state index is -0.458. The van der Waals surface area contributed by atoms with Crippen LogP contribution in [0.3, 0.4) is 0 Å². The van der Waals surface area contributed by atoms with Crippen LogP contribution in [0, 0.1) is 5.41 Å². The fourth-order valence-corrected chi connectivity index (χ4v) is 1.20. The molecule has 0 atom stereocenters. The van der Waals surface area contributed by atoms with E-state index < -0.39 is 5.97 Å². The Morgan fingerprint density at radius 2 is 2.24 bits per heavy atom. The Balaban J connectivity index is 2.43. The molecule has 0 bridgehead atoms. The van der Waals surface area contributed by atoms with Crippen molar-refractivity contribution in [2.45, 2.75) is 34.1 Å². The van der Waals surface area contributed by atoms with E-state index in [9.17, 15) is 4.79 Å². The molecule has 0 saturated heterocycles. The van der Waals surface area contributed by atoms with Crippen LogP contribution in [0.5, 0.6) is 0 Å². The van der Waals surface area contributed by atoms with Gasteiger partial charge in [-0.25, -0.2) is 4.79 Å². The van der Waals surface area contributed by atoms with Gasteiger partial charge < -0.3 is 14.5 Å². The van der Waals surface area contributed by atoms with E-state index in [-0.39, 0.29) is 11.1 Å². The number of rotatable bonds is 5. The molecule has 5 heteroatoms. The second-order valence-electron chi connectivity index (χ2n) is 5.00. The normalized spacial score (nSPS) is 11.3. The molecule has 1 aromatic rings. The molecular formula is C12H20N2O3. The van der Waals surface area contributed by atoms with Crippen LogP contribution in [-0.4, -0.2) is 24.1 Å². The fraction of sp³-hybridized carbons (Fsp3) is 0.667. The number of oxazole rings is 1. The quantitative estimate of drug-likeness (QED) is 0.802. The molecule has 0 amide bonds. The van der Waals surface area contributed by atoms with Gasteiger partial charge in [-0.2, -0.15) is 4.98 Å². The van der Waals surface area contributed by atoms with E-state index >= 15 is 0 Å². The van der Waals surface area contributed by atoms with Crippen molar-refractivity contribution in [1.82, 2.24) is 4.98 Å². The molecule has 0 aliphatic carbocycles. The zero-order chi connectivity index (χ0) is 12.9. The first-order chi connectivity index (χ1) is 7.92. The SMILES string of the molecule is CCOC(=O)c1coc(NCCC(C)(C)C)n1. The smallest absolute Gasteiger partial charge is 0.360 e. The lowest BCUT2D eigenvalue weighted by atomic mass is 9.92. The summed E-state index contributed by atoms with van der Waals surface area (Å²) in [6, 6.07) is 0.359. The standard InChI is InChI=1S/C12H20N2O3/c1-5-16-10(15)9-8-17-11(14-9)13-7-6-12(2,3)4/h8H,5-7H2,1-4H3,(H,13,14). The number of aromatic nitrogens is 1. The summed E-state index contributed by atoms with van der Waals surface area (Å²) in [5, 5.41) is 3.03. The number of carbonyl (C=O) groups excluding carboxylic acids is 1. The molecule has 1 N–H and O–H groups in total. The summed E-state index contributed by atoms with van der Waals surface area (Å²) in [4.78, 5) is 15.3. The Kier molecular flexibility index (Phi) is 4.54. The lowest BCUT2D eigenvalue weighted by molar-refractivity contribution is 0.0519. The number of nitrogens with one attached hydrogen (secondary N) is 1. The molecule has 0 spiro atoms. The zero-order valence-electron chi connectivity index (χ0n) is 10.9. The van der Waals surface area contributed by atoms with Crippen molar-refractivity contribution in [3.63, 3.8) is 0 Å². The predicted octanol–water partition coefficient (Wildman–Crippen LogP) is 2.70. The summed E-state index contributed by atoms with van der Waals surface area (Å²) in [6.45, 7) is 9.32. The third-order valence-corrected chi connectivity index (χ3v) is 2.14. The molecule has 17 heavy (non-hydrogen) atoms. The minimum absolute atomic E-state index is 0.199. The molecule has 0 saturated carbocycles. The summed E-state index contributed by atoms with van der Waals surface area (Å²) in [7, 11) is 0. The maximum Gasteiger partial charge on any atom is 0.360 e. The van der Waals surface area contributed by atoms with Crippen molar-refractivity contribution in [2.75, 3.05) is 18.5 Å². The largest absolute Gasteiger partial charge is 0.461 e. The summed E-state index contributed by atoms with van der Waals surface area (Å²) < 4.78 is 9.93. The maximum atomic E-state index is 11.3. The topological polar surface area (TPSA) is 64.4 Å². The molecule has 1 aromatic heterocycles. The lowest BCUT2D eigenvalue weighted by Crippen LogP contribution is -2.13. The molecule has 5 nitrogen and oxygen atoms in total. The van der Waals surface area contributed by atoms with Gasteiger partial charge in [0.25, 0.3) is 6.01 Å². The molecular weight excluding hydrogens is 220 g/mol. The first-order valence-electron chi connectivity index (χ1n) is 5.79. The lowest BCUT2D eigenvalue weighted by Gasteiger charge is -2.17. The van der Waals surface area contributed by atoms with Crippen molar-refractivity contribution < 1.29 is 13.9 Å². The van der Waals surface area contributed by atoms with Crippen molar-refractivity contribution in [3.05, 3.63) is 12.0 Å². The monoisotopic (exact) mass is 240 g/mol. The van der Waals surface area contributed by atoms with Crippen LogP contribution in [0.15, 0.2) is 10.7 Å². The summed E-state index contributed by atoms with van der Waals surface area (Å²) >= 11 is 0. The van der Waals surface area contributed by atoms with E-state index in [1.807, 2.05) is 0 Å². The maximum absolute atomic E-state index is 11.3. The Morgan fingerprint density at radius 3 is 2.82 bits per heavy atom. The Morgan fingerprint density at radius 1 is 1.53 bits per heavy atom. The third-order valence-electron chi connectivity index (χ3n) is 2.14. The van der Waals surface area contributed by atoms with Crippen molar-refractivity contribution in [1.29, 1.82) is 0 Å². The van der Waals surface area contributed by atoms with E-state index in [0.29, 0.717) is 12.6 Å². The van der Waals surface area contributed by atoms with E-state index in [0.717, 1.165) is 13.0 Å².